The number of nitrogens with zero attached hydrogens (tertiary/aromatic N) is 2. The molecule has 2 fully saturated rings. The van der Waals surface area contributed by atoms with Crippen LogP contribution in [0.3, 0.4) is 0 Å². The van der Waals surface area contributed by atoms with Crippen molar-refractivity contribution in [2.75, 3.05) is 32.8 Å². The summed E-state index contributed by atoms with van der Waals surface area (Å²) in [4.78, 5) is 17.3. The SMILES string of the molecule is CCOc1ccc(CN2CCN(C(=O)C3(C)CCCC3)CC2)cc1. The van der Waals surface area contributed by atoms with Crippen molar-refractivity contribution >= 4 is 5.91 Å². The molecule has 1 aromatic rings. The lowest BCUT2D eigenvalue weighted by Gasteiger charge is -2.38. The maximum atomic E-state index is 12.8. The van der Waals surface area contributed by atoms with E-state index in [1.165, 1.54) is 18.4 Å². The minimum absolute atomic E-state index is 0.0860. The van der Waals surface area contributed by atoms with Crippen LogP contribution in [0.5, 0.6) is 5.75 Å². The standard InChI is InChI=1S/C20H30N2O2/c1-3-24-18-8-6-17(7-9-18)16-21-12-14-22(15-13-21)19(23)20(2)10-4-5-11-20/h6-9H,3-5,10-16H2,1-2H3. The summed E-state index contributed by atoms with van der Waals surface area (Å²) in [5, 5.41) is 0. The fourth-order valence-corrected chi connectivity index (χ4v) is 3.98. The summed E-state index contributed by atoms with van der Waals surface area (Å²) >= 11 is 0. The Morgan fingerprint density at radius 3 is 2.29 bits per heavy atom. The predicted molar refractivity (Wildman–Crippen MR) is 96.0 cm³/mol. The average molecular weight is 330 g/mol. The molecule has 24 heavy (non-hydrogen) atoms. The molecule has 132 valence electrons. The molecule has 0 aromatic heterocycles. The van der Waals surface area contributed by atoms with Crippen LogP contribution in [0.25, 0.3) is 0 Å². The first-order valence-electron chi connectivity index (χ1n) is 9.34. The van der Waals surface area contributed by atoms with Gasteiger partial charge in [-0.25, -0.2) is 0 Å². The summed E-state index contributed by atoms with van der Waals surface area (Å²) in [6, 6.07) is 8.36. The minimum Gasteiger partial charge on any atom is -0.494 e. The number of benzene rings is 1. The molecule has 1 amide bonds. The molecule has 4 nitrogen and oxygen atoms in total. The van der Waals surface area contributed by atoms with Gasteiger partial charge in [-0.2, -0.15) is 0 Å². The van der Waals surface area contributed by atoms with Crippen molar-refractivity contribution in [2.45, 2.75) is 46.1 Å². The van der Waals surface area contributed by atoms with E-state index in [4.69, 9.17) is 4.74 Å². The third kappa shape index (κ3) is 3.92. The van der Waals surface area contributed by atoms with Crippen molar-refractivity contribution in [2.24, 2.45) is 5.41 Å². The third-order valence-electron chi connectivity index (χ3n) is 5.52. The predicted octanol–water partition coefficient (Wildman–Crippen LogP) is 3.31. The zero-order chi connectivity index (χ0) is 17.0. The fraction of sp³-hybridized carbons (Fsp3) is 0.650. The van der Waals surface area contributed by atoms with Gasteiger partial charge >= 0.3 is 0 Å². The maximum Gasteiger partial charge on any atom is 0.228 e. The number of carbonyl (C=O) groups is 1. The van der Waals surface area contributed by atoms with Crippen LogP contribution >= 0.6 is 0 Å². The Kier molecular flexibility index (Phi) is 5.44. The highest BCUT2D eigenvalue weighted by Crippen LogP contribution is 2.39. The van der Waals surface area contributed by atoms with Gasteiger partial charge in [-0.05, 0) is 37.5 Å². The van der Waals surface area contributed by atoms with Gasteiger partial charge in [0, 0.05) is 38.1 Å². The average Bonchev–Trinajstić information content (AvgIpc) is 3.05. The first-order valence-corrected chi connectivity index (χ1v) is 9.34. The van der Waals surface area contributed by atoms with Gasteiger partial charge in [0.15, 0.2) is 0 Å². The maximum absolute atomic E-state index is 12.8. The quantitative estimate of drug-likeness (QED) is 0.830. The van der Waals surface area contributed by atoms with E-state index in [9.17, 15) is 4.79 Å². The number of carbonyl (C=O) groups excluding carboxylic acids is 1. The molecule has 0 atom stereocenters. The lowest BCUT2D eigenvalue weighted by Crippen LogP contribution is -2.51. The summed E-state index contributed by atoms with van der Waals surface area (Å²) < 4.78 is 5.49. The molecule has 0 unspecified atom stereocenters. The fourth-order valence-electron chi connectivity index (χ4n) is 3.98. The molecule has 0 radical (unpaired) electrons. The number of rotatable bonds is 5. The molecule has 1 aliphatic carbocycles. The molecule has 3 rings (SSSR count). The molecule has 0 bridgehead atoms. The third-order valence-corrected chi connectivity index (χ3v) is 5.52. The van der Waals surface area contributed by atoms with Gasteiger partial charge < -0.3 is 9.64 Å². The van der Waals surface area contributed by atoms with Crippen LogP contribution in [-0.4, -0.2) is 48.5 Å². The molecule has 2 aliphatic rings. The van der Waals surface area contributed by atoms with E-state index in [-0.39, 0.29) is 5.41 Å². The summed E-state index contributed by atoms with van der Waals surface area (Å²) in [6.07, 6.45) is 4.55. The molecule has 4 heteroatoms. The second-order valence-corrected chi connectivity index (χ2v) is 7.41. The van der Waals surface area contributed by atoms with Crippen LogP contribution in [0, 0.1) is 5.41 Å². The van der Waals surface area contributed by atoms with Gasteiger partial charge in [-0.15, -0.1) is 0 Å². The second-order valence-electron chi connectivity index (χ2n) is 7.41. The van der Waals surface area contributed by atoms with E-state index in [1.54, 1.807) is 0 Å². The first kappa shape index (κ1) is 17.3. The van der Waals surface area contributed by atoms with E-state index >= 15 is 0 Å². The molecular formula is C20H30N2O2. The number of piperazine rings is 1. The Hall–Kier alpha value is -1.55. The molecule has 1 aromatic carbocycles. The van der Waals surface area contributed by atoms with Gasteiger partial charge in [0.2, 0.25) is 5.91 Å². The van der Waals surface area contributed by atoms with Crippen molar-refractivity contribution < 1.29 is 9.53 Å². The van der Waals surface area contributed by atoms with E-state index < -0.39 is 0 Å². The van der Waals surface area contributed by atoms with Crippen LogP contribution < -0.4 is 4.74 Å². The van der Waals surface area contributed by atoms with Crippen molar-refractivity contribution in [3.63, 3.8) is 0 Å². The smallest absolute Gasteiger partial charge is 0.228 e. The van der Waals surface area contributed by atoms with Crippen LogP contribution in [-0.2, 0) is 11.3 Å². The number of hydrogen-bond acceptors (Lipinski definition) is 3. The zero-order valence-electron chi connectivity index (χ0n) is 15.1. The van der Waals surface area contributed by atoms with Crippen molar-refractivity contribution in [1.29, 1.82) is 0 Å². The van der Waals surface area contributed by atoms with E-state index in [0.29, 0.717) is 12.5 Å². The largest absolute Gasteiger partial charge is 0.494 e. The number of amides is 1. The Labute approximate surface area is 145 Å². The molecule has 0 spiro atoms. The van der Waals surface area contributed by atoms with Crippen molar-refractivity contribution in [1.82, 2.24) is 9.80 Å². The molecule has 1 saturated carbocycles. The summed E-state index contributed by atoms with van der Waals surface area (Å²) in [6.45, 7) is 9.48. The molecule has 1 aliphatic heterocycles. The second kappa shape index (κ2) is 7.56. The molecule has 0 N–H and O–H groups in total. The number of ether oxygens (including phenoxy) is 1. The molecule has 1 saturated heterocycles. The minimum atomic E-state index is -0.0860. The Morgan fingerprint density at radius 2 is 1.71 bits per heavy atom. The van der Waals surface area contributed by atoms with Gasteiger partial charge in [-0.3, -0.25) is 9.69 Å². The van der Waals surface area contributed by atoms with Crippen molar-refractivity contribution in [3.8, 4) is 5.75 Å². The normalized spacial score (nSPS) is 21.0. The van der Waals surface area contributed by atoms with Gasteiger partial charge in [-0.1, -0.05) is 31.9 Å². The van der Waals surface area contributed by atoms with Crippen LogP contribution in [0.15, 0.2) is 24.3 Å². The van der Waals surface area contributed by atoms with Crippen LogP contribution in [0.4, 0.5) is 0 Å². The first-order chi connectivity index (χ1) is 11.6. The van der Waals surface area contributed by atoms with Gasteiger partial charge in [0.05, 0.1) is 6.61 Å². The summed E-state index contributed by atoms with van der Waals surface area (Å²) in [5.74, 6) is 1.32. The van der Waals surface area contributed by atoms with E-state index in [1.807, 2.05) is 19.1 Å². The van der Waals surface area contributed by atoms with Crippen LogP contribution in [0.2, 0.25) is 0 Å². The lowest BCUT2D eigenvalue weighted by atomic mass is 9.87. The molecule has 1 heterocycles. The van der Waals surface area contributed by atoms with E-state index in [0.717, 1.165) is 51.3 Å². The monoisotopic (exact) mass is 330 g/mol. The highest BCUT2D eigenvalue weighted by atomic mass is 16.5. The molecular weight excluding hydrogens is 300 g/mol. The Morgan fingerprint density at radius 1 is 1.08 bits per heavy atom. The van der Waals surface area contributed by atoms with Gasteiger partial charge in [0.25, 0.3) is 0 Å². The Balaban J connectivity index is 1.49. The zero-order valence-corrected chi connectivity index (χ0v) is 15.1. The Bertz CT molecular complexity index is 541. The highest BCUT2D eigenvalue weighted by molar-refractivity contribution is 5.82. The van der Waals surface area contributed by atoms with E-state index in [2.05, 4.69) is 28.9 Å². The summed E-state index contributed by atoms with van der Waals surface area (Å²) in [7, 11) is 0. The van der Waals surface area contributed by atoms with Gasteiger partial charge in [0.1, 0.15) is 5.75 Å². The number of hydrogen-bond donors (Lipinski definition) is 0. The summed E-state index contributed by atoms with van der Waals surface area (Å²) in [5.41, 5.74) is 1.22. The lowest BCUT2D eigenvalue weighted by molar-refractivity contribution is -0.142. The van der Waals surface area contributed by atoms with Crippen LogP contribution in [0.1, 0.15) is 45.1 Å². The van der Waals surface area contributed by atoms with Crippen molar-refractivity contribution in [3.05, 3.63) is 29.8 Å². The topological polar surface area (TPSA) is 32.8 Å². The highest BCUT2D eigenvalue weighted by Gasteiger charge is 2.39.